The Morgan fingerprint density at radius 2 is 2.08 bits per heavy atom. The van der Waals surface area contributed by atoms with Crippen LogP contribution in [0.3, 0.4) is 0 Å². The van der Waals surface area contributed by atoms with Crippen LogP contribution in [0.15, 0.2) is 41.3 Å². The maximum atomic E-state index is 5.12. The molecule has 3 aromatic heterocycles. The van der Waals surface area contributed by atoms with Crippen molar-refractivity contribution in [3.8, 4) is 11.5 Å². The number of aryl methyl sites for hydroxylation is 1. The van der Waals surface area contributed by atoms with E-state index in [1.54, 1.807) is 6.20 Å². The molecule has 4 heterocycles. The number of hydrogen-bond donors (Lipinski definition) is 0. The molecule has 7 heteroatoms. The predicted octanol–water partition coefficient (Wildman–Crippen LogP) is 2.61. The highest BCUT2D eigenvalue weighted by Crippen LogP contribution is 2.25. The van der Waals surface area contributed by atoms with Gasteiger partial charge in [0.25, 0.3) is 0 Å². The molecule has 0 spiro atoms. The second-order valence-corrected chi connectivity index (χ2v) is 6.38. The molecule has 4 rings (SSSR count). The Bertz CT molecular complexity index is 817. The third-order valence-corrected chi connectivity index (χ3v) is 4.42. The lowest BCUT2D eigenvalue weighted by molar-refractivity contribution is 0.194. The van der Waals surface area contributed by atoms with Gasteiger partial charge in [0.05, 0.1) is 0 Å². The van der Waals surface area contributed by atoms with Crippen LogP contribution in [0, 0.1) is 6.92 Å². The molecule has 128 valence electrons. The minimum atomic E-state index is 0.333. The molecule has 1 atom stereocenters. The van der Waals surface area contributed by atoms with Gasteiger partial charge in [0, 0.05) is 50.1 Å². The maximum Gasteiger partial charge on any atom is 0.223 e. The Kier molecular flexibility index (Phi) is 4.47. The zero-order valence-corrected chi connectivity index (χ0v) is 14.2. The summed E-state index contributed by atoms with van der Waals surface area (Å²) in [6.07, 6.45) is 7.76. The van der Waals surface area contributed by atoms with Crippen LogP contribution >= 0.6 is 0 Å². The third kappa shape index (κ3) is 3.71. The molecule has 1 aliphatic heterocycles. The molecule has 1 aliphatic rings. The summed E-state index contributed by atoms with van der Waals surface area (Å²) in [5.74, 6) is 2.44. The van der Waals surface area contributed by atoms with Gasteiger partial charge in [0.2, 0.25) is 5.89 Å². The lowest BCUT2D eigenvalue weighted by Crippen LogP contribution is -2.34. The number of piperidine rings is 1. The summed E-state index contributed by atoms with van der Waals surface area (Å²) in [5.41, 5.74) is 1.89. The number of pyridine rings is 1. The molecule has 0 unspecified atom stereocenters. The molecule has 0 radical (unpaired) electrons. The molecular formula is C18H20N6O. The highest BCUT2D eigenvalue weighted by atomic mass is 16.5. The zero-order valence-electron chi connectivity index (χ0n) is 14.2. The Hall–Kier alpha value is -2.67. The fraction of sp³-hybridized carbons (Fsp3) is 0.389. The largest absolute Gasteiger partial charge is 0.340 e. The number of hydrogen-bond acceptors (Lipinski definition) is 7. The molecule has 0 N–H and O–H groups in total. The summed E-state index contributed by atoms with van der Waals surface area (Å²) in [6, 6.07) is 5.74. The van der Waals surface area contributed by atoms with Gasteiger partial charge in [-0.15, -0.1) is 0 Å². The van der Waals surface area contributed by atoms with Gasteiger partial charge in [-0.1, -0.05) is 11.2 Å². The number of aromatic nitrogens is 5. The van der Waals surface area contributed by atoms with E-state index in [4.69, 9.17) is 4.52 Å². The van der Waals surface area contributed by atoms with Crippen LogP contribution in [0.4, 0.5) is 0 Å². The number of nitrogens with zero attached hydrogens (tertiary/aromatic N) is 6. The molecule has 3 aromatic rings. The quantitative estimate of drug-likeness (QED) is 0.724. The molecular weight excluding hydrogens is 316 g/mol. The van der Waals surface area contributed by atoms with Gasteiger partial charge in [-0.25, -0.2) is 9.97 Å². The first kappa shape index (κ1) is 15.8. The van der Waals surface area contributed by atoms with Gasteiger partial charge in [-0.2, -0.15) is 4.98 Å². The number of rotatable bonds is 4. The van der Waals surface area contributed by atoms with Crippen LogP contribution in [-0.4, -0.2) is 43.1 Å². The highest BCUT2D eigenvalue weighted by Gasteiger charge is 2.25. The van der Waals surface area contributed by atoms with E-state index in [0.717, 1.165) is 49.6 Å². The molecule has 1 fully saturated rings. The maximum absolute atomic E-state index is 5.12. The molecule has 0 aliphatic carbocycles. The molecule has 0 saturated carbocycles. The first-order valence-electron chi connectivity index (χ1n) is 8.53. The average Bonchev–Trinajstić information content (AvgIpc) is 3.10. The van der Waals surface area contributed by atoms with E-state index in [2.05, 4.69) is 30.0 Å². The normalized spacial score (nSPS) is 18.4. The molecule has 0 amide bonds. The number of likely N-dealkylation sites (tertiary alicyclic amines) is 1. The molecule has 1 saturated heterocycles. The first-order chi connectivity index (χ1) is 12.3. The lowest BCUT2D eigenvalue weighted by atomic mass is 9.97. The third-order valence-electron chi connectivity index (χ3n) is 4.42. The van der Waals surface area contributed by atoms with E-state index in [1.165, 1.54) is 0 Å². The van der Waals surface area contributed by atoms with Crippen molar-refractivity contribution in [3.05, 3.63) is 54.1 Å². The van der Waals surface area contributed by atoms with E-state index >= 15 is 0 Å². The first-order valence-corrected chi connectivity index (χ1v) is 8.53. The topological polar surface area (TPSA) is 80.8 Å². The Morgan fingerprint density at radius 1 is 1.20 bits per heavy atom. The fourth-order valence-electron chi connectivity index (χ4n) is 3.21. The van der Waals surface area contributed by atoms with Crippen LogP contribution in [0.5, 0.6) is 0 Å². The Morgan fingerprint density at radius 3 is 2.80 bits per heavy atom. The lowest BCUT2D eigenvalue weighted by Gasteiger charge is -2.31. The zero-order chi connectivity index (χ0) is 17.1. The van der Waals surface area contributed by atoms with Crippen LogP contribution in [0.2, 0.25) is 0 Å². The van der Waals surface area contributed by atoms with Gasteiger partial charge in [-0.3, -0.25) is 9.88 Å². The van der Waals surface area contributed by atoms with E-state index in [0.29, 0.717) is 17.6 Å². The van der Waals surface area contributed by atoms with Crippen molar-refractivity contribution in [2.45, 2.75) is 32.2 Å². The summed E-state index contributed by atoms with van der Waals surface area (Å²) in [5, 5.41) is 4.08. The smallest absolute Gasteiger partial charge is 0.223 e. The van der Waals surface area contributed by atoms with Crippen molar-refractivity contribution in [1.29, 1.82) is 0 Å². The molecule has 0 bridgehead atoms. The van der Waals surface area contributed by atoms with E-state index in [1.807, 2.05) is 37.5 Å². The van der Waals surface area contributed by atoms with Crippen LogP contribution in [0.25, 0.3) is 11.5 Å². The van der Waals surface area contributed by atoms with Crippen molar-refractivity contribution in [2.24, 2.45) is 0 Å². The summed E-state index contributed by atoms with van der Waals surface area (Å²) in [7, 11) is 0. The predicted molar refractivity (Wildman–Crippen MR) is 91.6 cm³/mol. The summed E-state index contributed by atoms with van der Waals surface area (Å²) in [6.45, 7) is 4.66. The van der Waals surface area contributed by atoms with Gasteiger partial charge in [0.1, 0.15) is 5.69 Å². The molecule has 7 nitrogen and oxygen atoms in total. The standard InChI is InChI=1S/C18H20N6O/c1-13-22-17(23-25-13)15-5-4-8-24(12-15)11-14-9-20-18(21-10-14)16-6-2-3-7-19-16/h2-3,6-7,9-10,15H,4-5,8,11-12H2,1H3/t15-/m1/s1. The van der Waals surface area contributed by atoms with Crippen molar-refractivity contribution in [1.82, 2.24) is 30.0 Å². The molecule has 25 heavy (non-hydrogen) atoms. The van der Waals surface area contributed by atoms with Crippen LogP contribution in [0.1, 0.15) is 36.0 Å². The van der Waals surface area contributed by atoms with E-state index in [9.17, 15) is 0 Å². The van der Waals surface area contributed by atoms with Gasteiger partial charge in [0.15, 0.2) is 11.6 Å². The molecule has 0 aromatic carbocycles. The summed E-state index contributed by atoms with van der Waals surface area (Å²) < 4.78 is 5.12. The Labute approximate surface area is 146 Å². The monoisotopic (exact) mass is 336 g/mol. The van der Waals surface area contributed by atoms with Crippen molar-refractivity contribution >= 4 is 0 Å². The summed E-state index contributed by atoms with van der Waals surface area (Å²) >= 11 is 0. The van der Waals surface area contributed by atoms with Crippen molar-refractivity contribution < 1.29 is 4.52 Å². The van der Waals surface area contributed by atoms with Crippen molar-refractivity contribution in [2.75, 3.05) is 13.1 Å². The van der Waals surface area contributed by atoms with Gasteiger partial charge in [-0.05, 0) is 31.5 Å². The average molecular weight is 336 g/mol. The van der Waals surface area contributed by atoms with Gasteiger partial charge < -0.3 is 4.52 Å². The highest BCUT2D eigenvalue weighted by molar-refractivity contribution is 5.47. The second-order valence-electron chi connectivity index (χ2n) is 6.38. The fourth-order valence-corrected chi connectivity index (χ4v) is 3.21. The van der Waals surface area contributed by atoms with Crippen LogP contribution in [-0.2, 0) is 6.54 Å². The SMILES string of the molecule is Cc1nc([C@@H]2CCCN(Cc3cnc(-c4ccccn4)nc3)C2)no1. The van der Waals surface area contributed by atoms with E-state index in [-0.39, 0.29) is 0 Å². The minimum absolute atomic E-state index is 0.333. The van der Waals surface area contributed by atoms with Crippen molar-refractivity contribution in [3.63, 3.8) is 0 Å². The summed E-state index contributed by atoms with van der Waals surface area (Å²) in [4.78, 5) is 20.0. The Balaban J connectivity index is 1.41. The second kappa shape index (κ2) is 7.06. The van der Waals surface area contributed by atoms with E-state index < -0.39 is 0 Å². The van der Waals surface area contributed by atoms with Crippen LogP contribution < -0.4 is 0 Å². The van der Waals surface area contributed by atoms with Gasteiger partial charge >= 0.3 is 0 Å². The minimum Gasteiger partial charge on any atom is -0.340 e.